The Hall–Kier alpha value is -0.160. The van der Waals surface area contributed by atoms with Crippen molar-refractivity contribution in [2.75, 3.05) is 13.1 Å². The molecular formula is C7H13NO3. The third-order valence-corrected chi connectivity index (χ3v) is 2.07. The van der Waals surface area contributed by atoms with Gasteiger partial charge in [-0.15, -0.1) is 0 Å². The van der Waals surface area contributed by atoms with Gasteiger partial charge in [-0.05, 0) is 13.8 Å². The van der Waals surface area contributed by atoms with E-state index in [0.717, 1.165) is 0 Å². The minimum Gasteiger partial charge on any atom is -0.343 e. The Balaban J connectivity index is 2.04. The van der Waals surface area contributed by atoms with Crippen LogP contribution in [0, 0.1) is 0 Å². The van der Waals surface area contributed by atoms with Gasteiger partial charge in [-0.2, -0.15) is 5.06 Å². The maximum absolute atomic E-state index is 9.08. The molecular weight excluding hydrogens is 146 g/mol. The number of fused-ring (bicyclic) bond motifs is 1. The predicted octanol–water partition coefficient (Wildman–Crippen LogP) is 0.211. The highest BCUT2D eigenvalue weighted by Crippen LogP contribution is 2.31. The Kier molecular flexibility index (Phi) is 1.47. The molecule has 2 aliphatic heterocycles. The Morgan fingerprint density at radius 3 is 2.18 bits per heavy atom. The van der Waals surface area contributed by atoms with Crippen molar-refractivity contribution in [3.63, 3.8) is 0 Å². The minimum atomic E-state index is -0.462. The number of nitrogens with zero attached hydrogens (tertiary/aromatic N) is 1. The molecule has 0 aromatic rings. The average molecular weight is 159 g/mol. The average Bonchev–Trinajstić information content (AvgIpc) is 2.17. The smallest absolute Gasteiger partial charge is 0.163 e. The van der Waals surface area contributed by atoms with E-state index in [4.69, 9.17) is 14.7 Å². The maximum Gasteiger partial charge on any atom is 0.163 e. The number of hydroxylamine groups is 2. The van der Waals surface area contributed by atoms with Crippen molar-refractivity contribution in [2.45, 2.75) is 31.8 Å². The molecule has 4 heteroatoms. The molecule has 0 amide bonds. The largest absolute Gasteiger partial charge is 0.343 e. The van der Waals surface area contributed by atoms with Gasteiger partial charge in [-0.25, -0.2) is 0 Å². The highest BCUT2D eigenvalue weighted by Gasteiger charge is 2.46. The Morgan fingerprint density at radius 1 is 1.27 bits per heavy atom. The zero-order chi connectivity index (χ0) is 8.06. The lowest BCUT2D eigenvalue weighted by molar-refractivity contribution is -0.181. The molecule has 0 aromatic heterocycles. The lowest BCUT2D eigenvalue weighted by Gasteiger charge is -2.19. The summed E-state index contributed by atoms with van der Waals surface area (Å²) in [4.78, 5) is 0. The first kappa shape index (κ1) is 7.49. The van der Waals surface area contributed by atoms with Crippen LogP contribution in [-0.4, -0.2) is 41.4 Å². The standard InChI is InChI=1S/C7H13NO3/c1-7(2)10-5-3-8(9)4-6(5)11-7/h5-6,9H,3-4H2,1-2H3. The summed E-state index contributed by atoms with van der Waals surface area (Å²) in [7, 11) is 0. The lowest BCUT2D eigenvalue weighted by atomic mass is 10.3. The molecule has 11 heavy (non-hydrogen) atoms. The quantitative estimate of drug-likeness (QED) is 0.548. The maximum atomic E-state index is 9.08. The highest BCUT2D eigenvalue weighted by molar-refractivity contribution is 4.89. The predicted molar refractivity (Wildman–Crippen MR) is 37.2 cm³/mol. The molecule has 64 valence electrons. The van der Waals surface area contributed by atoms with Gasteiger partial charge in [0, 0.05) is 0 Å². The molecule has 4 nitrogen and oxygen atoms in total. The molecule has 0 saturated carbocycles. The van der Waals surface area contributed by atoms with Gasteiger partial charge in [0.1, 0.15) is 12.2 Å². The van der Waals surface area contributed by atoms with Gasteiger partial charge in [-0.3, -0.25) is 0 Å². The van der Waals surface area contributed by atoms with Crippen LogP contribution in [-0.2, 0) is 9.47 Å². The van der Waals surface area contributed by atoms with Crippen molar-refractivity contribution in [3.8, 4) is 0 Å². The first-order valence-electron chi connectivity index (χ1n) is 3.86. The monoisotopic (exact) mass is 159 g/mol. The van der Waals surface area contributed by atoms with Gasteiger partial charge in [-0.1, -0.05) is 0 Å². The van der Waals surface area contributed by atoms with E-state index in [1.807, 2.05) is 13.8 Å². The second-order valence-electron chi connectivity index (χ2n) is 3.58. The minimum absolute atomic E-state index is 0.0509. The molecule has 2 saturated heterocycles. The first-order valence-corrected chi connectivity index (χ1v) is 3.86. The summed E-state index contributed by atoms with van der Waals surface area (Å²) in [5.41, 5.74) is 0. The summed E-state index contributed by atoms with van der Waals surface area (Å²) < 4.78 is 11.0. The first-order chi connectivity index (χ1) is 5.07. The molecule has 2 unspecified atom stereocenters. The van der Waals surface area contributed by atoms with Gasteiger partial charge in [0.25, 0.3) is 0 Å². The molecule has 0 bridgehead atoms. The fraction of sp³-hybridized carbons (Fsp3) is 1.00. The molecule has 0 radical (unpaired) electrons. The van der Waals surface area contributed by atoms with Crippen LogP contribution in [0.3, 0.4) is 0 Å². The Morgan fingerprint density at radius 2 is 1.73 bits per heavy atom. The van der Waals surface area contributed by atoms with Crippen molar-refractivity contribution in [1.29, 1.82) is 0 Å². The second-order valence-corrected chi connectivity index (χ2v) is 3.58. The van der Waals surface area contributed by atoms with Crippen LogP contribution in [0.4, 0.5) is 0 Å². The number of hydrogen-bond donors (Lipinski definition) is 1. The molecule has 2 rings (SSSR count). The summed E-state index contributed by atoms with van der Waals surface area (Å²) >= 11 is 0. The summed E-state index contributed by atoms with van der Waals surface area (Å²) in [5.74, 6) is -0.462. The van der Waals surface area contributed by atoms with Crippen LogP contribution >= 0.6 is 0 Å². The molecule has 2 aliphatic rings. The SMILES string of the molecule is CC1(C)OC2CN(O)CC2O1. The second kappa shape index (κ2) is 2.17. The van der Waals surface area contributed by atoms with Gasteiger partial charge >= 0.3 is 0 Å². The third-order valence-electron chi connectivity index (χ3n) is 2.07. The molecule has 2 fully saturated rings. The van der Waals surface area contributed by atoms with Gasteiger partial charge in [0.15, 0.2) is 5.79 Å². The van der Waals surface area contributed by atoms with Crippen molar-refractivity contribution >= 4 is 0 Å². The summed E-state index contributed by atoms with van der Waals surface area (Å²) in [6.45, 7) is 4.92. The fourth-order valence-corrected chi connectivity index (χ4v) is 1.71. The van der Waals surface area contributed by atoms with E-state index < -0.39 is 5.79 Å². The van der Waals surface area contributed by atoms with Crippen LogP contribution in [0.2, 0.25) is 0 Å². The van der Waals surface area contributed by atoms with Crippen molar-refractivity contribution in [1.82, 2.24) is 5.06 Å². The normalized spacial score (nSPS) is 42.8. The van der Waals surface area contributed by atoms with Crippen LogP contribution in [0.15, 0.2) is 0 Å². The molecule has 2 atom stereocenters. The van der Waals surface area contributed by atoms with E-state index in [-0.39, 0.29) is 12.2 Å². The lowest BCUT2D eigenvalue weighted by Crippen LogP contribution is -2.28. The van der Waals surface area contributed by atoms with E-state index >= 15 is 0 Å². The van der Waals surface area contributed by atoms with Crippen LogP contribution < -0.4 is 0 Å². The number of hydrogen-bond acceptors (Lipinski definition) is 4. The summed E-state index contributed by atoms with van der Waals surface area (Å²) in [6, 6.07) is 0. The summed E-state index contributed by atoms with van der Waals surface area (Å²) in [5, 5.41) is 10.3. The third kappa shape index (κ3) is 1.27. The number of rotatable bonds is 0. The van der Waals surface area contributed by atoms with Crippen molar-refractivity contribution < 1.29 is 14.7 Å². The Labute approximate surface area is 65.7 Å². The topological polar surface area (TPSA) is 41.9 Å². The van der Waals surface area contributed by atoms with Crippen LogP contribution in [0.25, 0.3) is 0 Å². The van der Waals surface area contributed by atoms with E-state index in [9.17, 15) is 0 Å². The molecule has 0 aliphatic carbocycles. The molecule has 0 aromatic carbocycles. The van der Waals surface area contributed by atoms with E-state index in [1.165, 1.54) is 5.06 Å². The Bertz CT molecular complexity index is 155. The molecule has 0 spiro atoms. The van der Waals surface area contributed by atoms with Crippen molar-refractivity contribution in [3.05, 3.63) is 0 Å². The fourth-order valence-electron chi connectivity index (χ4n) is 1.71. The van der Waals surface area contributed by atoms with Crippen LogP contribution in [0.1, 0.15) is 13.8 Å². The van der Waals surface area contributed by atoms with Gasteiger partial charge in [0.2, 0.25) is 0 Å². The molecule has 1 N–H and O–H groups in total. The van der Waals surface area contributed by atoms with Crippen LogP contribution in [0.5, 0.6) is 0 Å². The van der Waals surface area contributed by atoms with E-state index in [1.54, 1.807) is 0 Å². The van der Waals surface area contributed by atoms with Gasteiger partial charge < -0.3 is 14.7 Å². The van der Waals surface area contributed by atoms with Gasteiger partial charge in [0.05, 0.1) is 13.1 Å². The molecule has 2 heterocycles. The zero-order valence-electron chi connectivity index (χ0n) is 6.78. The van der Waals surface area contributed by atoms with E-state index in [0.29, 0.717) is 13.1 Å². The zero-order valence-corrected chi connectivity index (χ0v) is 6.78. The summed E-state index contributed by atoms with van der Waals surface area (Å²) in [6.07, 6.45) is 0.102. The highest BCUT2D eigenvalue weighted by atomic mass is 16.8. The van der Waals surface area contributed by atoms with Crippen molar-refractivity contribution in [2.24, 2.45) is 0 Å². The van der Waals surface area contributed by atoms with E-state index in [2.05, 4.69) is 0 Å². The number of ether oxygens (including phenoxy) is 2.